The van der Waals surface area contributed by atoms with Crippen LogP contribution >= 0.6 is 12.4 Å². The molecule has 4 nitrogen and oxygen atoms in total. The zero-order chi connectivity index (χ0) is 17.7. The van der Waals surface area contributed by atoms with Crippen molar-refractivity contribution in [3.8, 4) is 0 Å². The number of unbranched alkanes of at least 4 members (excludes halogenated alkanes) is 7. The molecule has 1 fully saturated rings. The number of rotatable bonds is 11. The Bertz CT molecular complexity index is 487. The van der Waals surface area contributed by atoms with Gasteiger partial charge in [0.1, 0.15) is 0 Å². The number of anilines is 1. The number of halogens is 1. The first-order valence-corrected chi connectivity index (χ1v) is 10.1. The molecule has 0 bridgehead atoms. The lowest BCUT2D eigenvalue weighted by atomic mass is 10.0. The van der Waals surface area contributed by atoms with Crippen LogP contribution in [0, 0.1) is 0 Å². The Kier molecular flexibility index (Phi) is 12.2. The molecule has 1 aliphatic rings. The van der Waals surface area contributed by atoms with Crippen LogP contribution in [0.15, 0.2) is 24.3 Å². The summed E-state index contributed by atoms with van der Waals surface area (Å²) in [5.74, 6) is 0. The number of carbonyl (C=O) groups is 1. The van der Waals surface area contributed by atoms with Crippen LogP contribution < -0.4 is 16.0 Å². The third-order valence-electron chi connectivity index (χ3n) is 4.93. The molecule has 5 heteroatoms. The normalized spacial score (nSPS) is 16.1. The zero-order valence-electron chi connectivity index (χ0n) is 16.2. The van der Waals surface area contributed by atoms with Crippen molar-refractivity contribution in [3.05, 3.63) is 29.8 Å². The second-order valence-corrected chi connectivity index (χ2v) is 7.21. The molecule has 1 saturated heterocycles. The largest absolute Gasteiger partial charge is 0.334 e. The fraction of sp³-hybridized carbons (Fsp3) is 0.667. The maximum Gasteiger partial charge on any atom is 0.319 e. The van der Waals surface area contributed by atoms with Crippen LogP contribution in [-0.4, -0.2) is 25.2 Å². The van der Waals surface area contributed by atoms with E-state index in [1.165, 1.54) is 56.9 Å². The summed E-state index contributed by atoms with van der Waals surface area (Å²) in [5.41, 5.74) is 2.22. The molecule has 1 heterocycles. The van der Waals surface area contributed by atoms with E-state index in [9.17, 15) is 4.79 Å². The summed E-state index contributed by atoms with van der Waals surface area (Å²) in [6.07, 6.45) is 13.0. The summed E-state index contributed by atoms with van der Waals surface area (Å²) in [6.45, 7) is 4.11. The van der Waals surface area contributed by atoms with Gasteiger partial charge in [-0.2, -0.15) is 0 Å². The molecule has 2 amide bonds. The highest BCUT2D eigenvalue weighted by molar-refractivity contribution is 5.89. The first-order chi connectivity index (χ1) is 12.3. The average molecular weight is 382 g/mol. The summed E-state index contributed by atoms with van der Waals surface area (Å²) >= 11 is 0. The summed E-state index contributed by atoms with van der Waals surface area (Å²) in [6, 6.07) is 8.42. The van der Waals surface area contributed by atoms with Gasteiger partial charge in [-0.05, 0) is 43.5 Å². The van der Waals surface area contributed by atoms with Gasteiger partial charge in [0.05, 0.1) is 0 Å². The predicted octanol–water partition coefficient (Wildman–Crippen LogP) is 5.28. The van der Waals surface area contributed by atoms with Gasteiger partial charge in [0.25, 0.3) is 0 Å². The minimum atomic E-state index is -0.107. The Morgan fingerprint density at radius 1 is 1.04 bits per heavy atom. The number of hydrogen-bond donors (Lipinski definition) is 3. The second kappa shape index (κ2) is 13.9. The number of urea groups is 1. The number of nitrogens with one attached hydrogen (secondary N) is 3. The molecule has 1 aliphatic heterocycles. The smallest absolute Gasteiger partial charge is 0.319 e. The van der Waals surface area contributed by atoms with Crippen LogP contribution in [0.1, 0.15) is 70.3 Å². The molecule has 0 aromatic heterocycles. The summed E-state index contributed by atoms with van der Waals surface area (Å²) < 4.78 is 0. The molecule has 3 N–H and O–H groups in total. The molecule has 1 aromatic rings. The fourth-order valence-corrected chi connectivity index (χ4v) is 3.35. The molecule has 2 rings (SSSR count). The van der Waals surface area contributed by atoms with E-state index in [0.29, 0.717) is 0 Å². The number of carbonyl (C=O) groups excluding carboxylic acids is 1. The lowest BCUT2D eigenvalue weighted by molar-refractivity contribution is 0.249. The van der Waals surface area contributed by atoms with Crippen molar-refractivity contribution in [2.75, 3.05) is 18.4 Å². The number of benzene rings is 1. The molecular weight excluding hydrogens is 346 g/mol. The molecule has 0 spiro atoms. The highest BCUT2D eigenvalue weighted by Gasteiger charge is 2.16. The third kappa shape index (κ3) is 9.44. The SMILES string of the molecule is CCCCCCCCCCc1ccc(NC(=O)N[C@H]2CCNC2)cc1.Cl. The van der Waals surface area contributed by atoms with E-state index < -0.39 is 0 Å². The van der Waals surface area contributed by atoms with E-state index in [1.54, 1.807) is 0 Å². The van der Waals surface area contributed by atoms with Crippen LogP contribution in [0.5, 0.6) is 0 Å². The minimum absolute atomic E-state index is 0. The maximum absolute atomic E-state index is 11.9. The highest BCUT2D eigenvalue weighted by Crippen LogP contribution is 2.14. The lowest BCUT2D eigenvalue weighted by Crippen LogP contribution is -2.39. The molecule has 0 unspecified atom stereocenters. The van der Waals surface area contributed by atoms with E-state index in [0.717, 1.165) is 31.6 Å². The van der Waals surface area contributed by atoms with Gasteiger partial charge in [0, 0.05) is 18.3 Å². The first kappa shape index (κ1) is 22.8. The van der Waals surface area contributed by atoms with Crippen molar-refractivity contribution in [1.82, 2.24) is 10.6 Å². The minimum Gasteiger partial charge on any atom is -0.334 e. The van der Waals surface area contributed by atoms with E-state index in [-0.39, 0.29) is 24.5 Å². The topological polar surface area (TPSA) is 53.2 Å². The third-order valence-corrected chi connectivity index (χ3v) is 4.93. The van der Waals surface area contributed by atoms with Crippen molar-refractivity contribution in [2.24, 2.45) is 0 Å². The van der Waals surface area contributed by atoms with Crippen LogP contribution in [0.3, 0.4) is 0 Å². The van der Waals surface area contributed by atoms with E-state index in [2.05, 4.69) is 35.0 Å². The Hall–Kier alpha value is -1.26. The lowest BCUT2D eigenvalue weighted by Gasteiger charge is -2.12. The van der Waals surface area contributed by atoms with Gasteiger partial charge in [-0.15, -0.1) is 12.4 Å². The van der Waals surface area contributed by atoms with Crippen LogP contribution in [0.2, 0.25) is 0 Å². The average Bonchev–Trinajstić information content (AvgIpc) is 3.11. The van der Waals surface area contributed by atoms with Gasteiger partial charge < -0.3 is 16.0 Å². The van der Waals surface area contributed by atoms with Gasteiger partial charge in [-0.3, -0.25) is 0 Å². The molecular formula is C21H36ClN3O. The second-order valence-electron chi connectivity index (χ2n) is 7.21. The molecule has 1 aromatic carbocycles. The molecule has 0 radical (unpaired) electrons. The molecule has 0 saturated carbocycles. The van der Waals surface area contributed by atoms with Crippen molar-refractivity contribution >= 4 is 24.1 Å². The molecule has 148 valence electrons. The van der Waals surface area contributed by atoms with Gasteiger partial charge >= 0.3 is 6.03 Å². The summed E-state index contributed by atoms with van der Waals surface area (Å²) in [4.78, 5) is 11.9. The quantitative estimate of drug-likeness (QED) is 0.457. The molecule has 0 aliphatic carbocycles. The number of amides is 2. The van der Waals surface area contributed by atoms with Crippen molar-refractivity contribution in [1.29, 1.82) is 0 Å². The molecule has 26 heavy (non-hydrogen) atoms. The van der Waals surface area contributed by atoms with Gasteiger partial charge in [-0.1, -0.05) is 64.0 Å². The first-order valence-electron chi connectivity index (χ1n) is 10.1. The van der Waals surface area contributed by atoms with E-state index >= 15 is 0 Å². The monoisotopic (exact) mass is 381 g/mol. The van der Waals surface area contributed by atoms with Crippen molar-refractivity contribution < 1.29 is 4.79 Å². The van der Waals surface area contributed by atoms with E-state index in [1.807, 2.05) is 12.1 Å². The standard InChI is InChI=1S/C21H35N3O.ClH/c1-2-3-4-5-6-7-8-9-10-18-11-13-19(14-12-18)23-21(25)24-20-15-16-22-17-20;/h11-14,20,22H,2-10,15-17H2,1H3,(H2,23,24,25);1H/t20-;/m0./s1. The van der Waals surface area contributed by atoms with Crippen LogP contribution in [0.4, 0.5) is 10.5 Å². The summed E-state index contributed by atoms with van der Waals surface area (Å²) in [5, 5.41) is 9.16. The van der Waals surface area contributed by atoms with Gasteiger partial charge in [0.2, 0.25) is 0 Å². The number of hydrogen-bond acceptors (Lipinski definition) is 2. The number of aryl methyl sites for hydroxylation is 1. The Labute approximate surface area is 165 Å². The Morgan fingerprint density at radius 3 is 2.31 bits per heavy atom. The zero-order valence-corrected chi connectivity index (χ0v) is 17.0. The van der Waals surface area contributed by atoms with Crippen molar-refractivity contribution in [2.45, 2.75) is 77.2 Å². The maximum atomic E-state index is 11.9. The summed E-state index contributed by atoms with van der Waals surface area (Å²) in [7, 11) is 0. The van der Waals surface area contributed by atoms with Crippen LogP contribution in [0.25, 0.3) is 0 Å². The highest BCUT2D eigenvalue weighted by atomic mass is 35.5. The van der Waals surface area contributed by atoms with E-state index in [4.69, 9.17) is 0 Å². The Morgan fingerprint density at radius 2 is 1.69 bits per heavy atom. The van der Waals surface area contributed by atoms with Gasteiger partial charge in [0.15, 0.2) is 0 Å². The van der Waals surface area contributed by atoms with Gasteiger partial charge in [-0.25, -0.2) is 4.79 Å². The van der Waals surface area contributed by atoms with Crippen LogP contribution in [-0.2, 0) is 6.42 Å². The molecule has 1 atom stereocenters. The Balaban J connectivity index is 0.00000338. The van der Waals surface area contributed by atoms with Crippen molar-refractivity contribution in [3.63, 3.8) is 0 Å². The fourth-order valence-electron chi connectivity index (χ4n) is 3.35. The predicted molar refractivity (Wildman–Crippen MR) is 113 cm³/mol.